The minimum absolute atomic E-state index is 0.327. The normalized spacial score (nSPS) is 28.3. The number of piperidine rings is 1. The molecule has 1 aliphatic heterocycles. The number of pyridine rings is 1. The summed E-state index contributed by atoms with van der Waals surface area (Å²) in [6, 6.07) is 7.67. The van der Waals surface area contributed by atoms with Gasteiger partial charge in [0.2, 0.25) is 5.91 Å². The molecule has 1 amide bonds. The zero-order chi connectivity index (χ0) is 23.0. The molecule has 4 rings (SSSR count). The number of amides is 1. The smallest absolute Gasteiger partial charge is 0.241 e. The van der Waals surface area contributed by atoms with Crippen LogP contribution in [0.15, 0.2) is 48.2 Å². The first kappa shape index (κ1) is 23.2. The van der Waals surface area contributed by atoms with Gasteiger partial charge in [-0.15, -0.1) is 0 Å². The highest BCUT2D eigenvalue weighted by atomic mass is 16.1. The number of likely N-dealkylation sites (tertiary alicyclic amines) is 1. The monoisotopic (exact) mass is 446 g/mol. The Morgan fingerprint density at radius 3 is 2.85 bits per heavy atom. The van der Waals surface area contributed by atoms with E-state index in [9.17, 15) is 4.79 Å². The molecule has 4 atom stereocenters. The second kappa shape index (κ2) is 11.3. The van der Waals surface area contributed by atoms with Crippen LogP contribution in [-0.2, 0) is 4.79 Å². The number of aromatic nitrogens is 1. The Bertz CT molecular complexity index is 962. The standard InChI is InChI=1S/C26H34N6O/c27-17-20-7-10-22(11-8-20)32-15-3-4-21(18-32)30-23-5-1-2-6-24(23)31-26-16-19(13-14-29-26)9-12-25(28)33/h7-10,12-14,16,21-24,30H,1-6,11,15,18H2,(H2,28,33)(H,29,31)/b12-9-/t21?,22?,23-,24-/m1/s1. The molecule has 7 heteroatoms. The molecule has 174 valence electrons. The molecule has 1 aromatic heterocycles. The van der Waals surface area contributed by atoms with Crippen LogP contribution in [0.25, 0.3) is 6.08 Å². The van der Waals surface area contributed by atoms with Crippen LogP contribution in [0.4, 0.5) is 5.82 Å². The third kappa shape index (κ3) is 6.53. The molecule has 4 N–H and O–H groups in total. The number of carbonyl (C=O) groups excluding carboxylic acids is 1. The third-order valence-corrected chi connectivity index (χ3v) is 6.90. The summed E-state index contributed by atoms with van der Waals surface area (Å²) >= 11 is 0. The molecule has 3 aliphatic rings. The Balaban J connectivity index is 1.35. The maximum absolute atomic E-state index is 11.0. The van der Waals surface area contributed by atoms with E-state index in [1.807, 2.05) is 18.2 Å². The molecule has 0 aromatic carbocycles. The van der Waals surface area contributed by atoms with Gasteiger partial charge < -0.3 is 16.4 Å². The van der Waals surface area contributed by atoms with E-state index in [1.54, 1.807) is 12.3 Å². The molecule has 2 fully saturated rings. The maximum atomic E-state index is 11.0. The summed E-state index contributed by atoms with van der Waals surface area (Å²) in [5, 5.41) is 16.7. The van der Waals surface area contributed by atoms with Crippen LogP contribution >= 0.6 is 0 Å². The van der Waals surface area contributed by atoms with E-state index in [0.29, 0.717) is 24.2 Å². The quantitative estimate of drug-likeness (QED) is 0.556. The number of hydrogen-bond donors (Lipinski definition) is 3. The zero-order valence-corrected chi connectivity index (χ0v) is 19.1. The lowest BCUT2D eigenvalue weighted by molar-refractivity contribution is -0.113. The topological polar surface area (TPSA) is 107 Å². The van der Waals surface area contributed by atoms with Crippen molar-refractivity contribution in [2.45, 2.75) is 69.1 Å². The zero-order valence-electron chi connectivity index (χ0n) is 19.1. The predicted octanol–water partition coefficient (Wildman–Crippen LogP) is 3.14. The minimum atomic E-state index is -0.454. The van der Waals surface area contributed by atoms with Crippen molar-refractivity contribution in [1.29, 1.82) is 5.26 Å². The summed E-state index contributed by atoms with van der Waals surface area (Å²) in [5.41, 5.74) is 6.90. The van der Waals surface area contributed by atoms with Gasteiger partial charge in [0, 0.05) is 48.6 Å². The number of nitriles is 1. The number of rotatable bonds is 7. The molecule has 1 saturated carbocycles. The van der Waals surface area contributed by atoms with Gasteiger partial charge in [-0.1, -0.05) is 25.0 Å². The third-order valence-electron chi connectivity index (χ3n) is 6.90. The fraction of sp³-hybridized carbons (Fsp3) is 0.500. The van der Waals surface area contributed by atoms with E-state index < -0.39 is 5.91 Å². The molecular formula is C26H34N6O. The lowest BCUT2D eigenvalue weighted by Gasteiger charge is -2.41. The van der Waals surface area contributed by atoms with Crippen LogP contribution < -0.4 is 16.4 Å². The fourth-order valence-corrected chi connectivity index (χ4v) is 5.21. The average Bonchev–Trinajstić information content (AvgIpc) is 2.84. The summed E-state index contributed by atoms with van der Waals surface area (Å²) in [6.45, 7) is 2.16. The highest BCUT2D eigenvalue weighted by molar-refractivity contribution is 5.90. The molecule has 0 spiro atoms. The van der Waals surface area contributed by atoms with Gasteiger partial charge in [-0.2, -0.15) is 5.26 Å². The molecule has 0 radical (unpaired) electrons. The van der Waals surface area contributed by atoms with Crippen LogP contribution in [0.5, 0.6) is 0 Å². The van der Waals surface area contributed by atoms with E-state index in [-0.39, 0.29) is 0 Å². The van der Waals surface area contributed by atoms with E-state index in [0.717, 1.165) is 49.3 Å². The molecule has 1 saturated heterocycles. The van der Waals surface area contributed by atoms with Crippen LogP contribution in [0.3, 0.4) is 0 Å². The van der Waals surface area contributed by atoms with Gasteiger partial charge in [-0.3, -0.25) is 9.69 Å². The Kier molecular flexibility index (Phi) is 7.92. The highest BCUT2D eigenvalue weighted by Crippen LogP contribution is 2.25. The van der Waals surface area contributed by atoms with E-state index in [2.05, 4.69) is 38.7 Å². The van der Waals surface area contributed by atoms with Gasteiger partial charge in [0.1, 0.15) is 5.82 Å². The SMILES string of the molecule is N#CC1=CCC(N2CCCC(N[C@@H]3CCCC[C@H]3Nc3cc(/C=C\C(N)=O)ccn3)C2)C=C1. The van der Waals surface area contributed by atoms with Crippen molar-refractivity contribution < 1.29 is 4.79 Å². The molecule has 1 aromatic rings. The summed E-state index contributed by atoms with van der Waals surface area (Å²) in [6.07, 6.45) is 19.1. The minimum Gasteiger partial charge on any atom is -0.366 e. The summed E-state index contributed by atoms with van der Waals surface area (Å²) in [4.78, 5) is 18.1. The van der Waals surface area contributed by atoms with E-state index in [1.165, 1.54) is 31.8 Å². The van der Waals surface area contributed by atoms with Crippen LogP contribution in [0, 0.1) is 11.3 Å². The maximum Gasteiger partial charge on any atom is 0.241 e. The Hall–Kier alpha value is -2.95. The Labute approximate surface area is 196 Å². The van der Waals surface area contributed by atoms with Crippen LogP contribution in [-0.4, -0.2) is 53.0 Å². The van der Waals surface area contributed by atoms with Crippen molar-refractivity contribution in [3.05, 3.63) is 53.8 Å². The number of nitrogens with zero attached hydrogens (tertiary/aromatic N) is 3. The Morgan fingerprint density at radius 2 is 2.09 bits per heavy atom. The second-order valence-corrected chi connectivity index (χ2v) is 9.29. The number of hydrogen-bond acceptors (Lipinski definition) is 6. The number of primary amides is 1. The van der Waals surface area contributed by atoms with Gasteiger partial charge >= 0.3 is 0 Å². The molecule has 2 unspecified atom stereocenters. The number of nitrogens with one attached hydrogen (secondary N) is 2. The van der Waals surface area contributed by atoms with Crippen molar-refractivity contribution in [3.63, 3.8) is 0 Å². The summed E-state index contributed by atoms with van der Waals surface area (Å²) < 4.78 is 0. The molecular weight excluding hydrogens is 412 g/mol. The van der Waals surface area contributed by atoms with Gasteiger partial charge in [0.25, 0.3) is 0 Å². The first-order chi connectivity index (χ1) is 16.1. The van der Waals surface area contributed by atoms with Crippen molar-refractivity contribution in [2.75, 3.05) is 18.4 Å². The van der Waals surface area contributed by atoms with Crippen LogP contribution in [0.2, 0.25) is 0 Å². The molecule has 2 aliphatic carbocycles. The van der Waals surface area contributed by atoms with Crippen molar-refractivity contribution in [2.24, 2.45) is 5.73 Å². The number of allylic oxidation sites excluding steroid dienone is 2. The van der Waals surface area contributed by atoms with Crippen molar-refractivity contribution in [3.8, 4) is 6.07 Å². The number of carbonyl (C=O) groups is 1. The highest BCUT2D eigenvalue weighted by Gasteiger charge is 2.31. The Morgan fingerprint density at radius 1 is 1.24 bits per heavy atom. The lowest BCUT2D eigenvalue weighted by Crippen LogP contribution is -2.56. The number of nitrogens with two attached hydrogens (primary N) is 1. The van der Waals surface area contributed by atoms with Crippen LogP contribution in [0.1, 0.15) is 50.5 Å². The van der Waals surface area contributed by atoms with E-state index in [4.69, 9.17) is 11.0 Å². The largest absolute Gasteiger partial charge is 0.366 e. The van der Waals surface area contributed by atoms with Gasteiger partial charge in [0.15, 0.2) is 0 Å². The van der Waals surface area contributed by atoms with E-state index >= 15 is 0 Å². The molecule has 33 heavy (non-hydrogen) atoms. The first-order valence-electron chi connectivity index (χ1n) is 12.1. The second-order valence-electron chi connectivity index (χ2n) is 9.29. The van der Waals surface area contributed by atoms with Gasteiger partial charge in [0.05, 0.1) is 6.07 Å². The fourth-order valence-electron chi connectivity index (χ4n) is 5.21. The average molecular weight is 447 g/mol. The molecule has 0 bridgehead atoms. The van der Waals surface area contributed by atoms with Crippen molar-refractivity contribution in [1.82, 2.24) is 15.2 Å². The number of anilines is 1. The summed E-state index contributed by atoms with van der Waals surface area (Å²) in [7, 11) is 0. The molecule has 7 nitrogen and oxygen atoms in total. The van der Waals surface area contributed by atoms with Gasteiger partial charge in [-0.25, -0.2) is 4.98 Å². The molecule has 2 heterocycles. The summed E-state index contributed by atoms with van der Waals surface area (Å²) in [5.74, 6) is 0.377. The van der Waals surface area contributed by atoms with Crippen molar-refractivity contribution >= 4 is 17.8 Å². The predicted molar refractivity (Wildman–Crippen MR) is 131 cm³/mol. The first-order valence-corrected chi connectivity index (χ1v) is 12.1. The lowest BCUT2D eigenvalue weighted by atomic mass is 9.88. The van der Waals surface area contributed by atoms with Gasteiger partial charge in [-0.05, 0) is 68.5 Å².